The largest absolute Gasteiger partial charge is 0.393 e. The molecule has 1 aromatic heterocycles. The van der Waals surface area contributed by atoms with Crippen molar-refractivity contribution in [2.45, 2.75) is 31.9 Å². The van der Waals surface area contributed by atoms with Gasteiger partial charge in [0.05, 0.1) is 6.10 Å². The molecule has 2 atom stereocenters. The van der Waals surface area contributed by atoms with Crippen LogP contribution in [-0.2, 0) is 11.3 Å². The van der Waals surface area contributed by atoms with Crippen LogP contribution in [-0.4, -0.2) is 38.4 Å². The molecule has 0 aliphatic heterocycles. The lowest BCUT2D eigenvalue weighted by molar-refractivity contribution is -0.122. The van der Waals surface area contributed by atoms with E-state index >= 15 is 0 Å². The molecule has 0 saturated heterocycles. The number of hydrogen-bond acceptors (Lipinski definition) is 5. The molecule has 1 heterocycles. The minimum atomic E-state index is -0.202. The number of aliphatic hydroxyl groups excluding tert-OH is 1. The maximum absolute atomic E-state index is 11.6. The first-order valence-electron chi connectivity index (χ1n) is 5.73. The third-order valence-corrected chi connectivity index (χ3v) is 2.96. The number of anilines is 1. The summed E-state index contributed by atoms with van der Waals surface area (Å²) in [6.07, 6.45) is 3.80. The second-order valence-corrected chi connectivity index (χ2v) is 4.44. The first kappa shape index (κ1) is 11.8. The van der Waals surface area contributed by atoms with Crippen LogP contribution in [0.4, 0.5) is 5.95 Å². The van der Waals surface area contributed by atoms with Crippen molar-refractivity contribution in [2.24, 2.45) is 5.92 Å². The Morgan fingerprint density at radius 3 is 3.06 bits per heavy atom. The third kappa shape index (κ3) is 3.42. The molecule has 1 aliphatic carbocycles. The van der Waals surface area contributed by atoms with Gasteiger partial charge < -0.3 is 16.2 Å². The van der Waals surface area contributed by atoms with E-state index in [1.807, 2.05) is 0 Å². The van der Waals surface area contributed by atoms with Crippen molar-refractivity contribution >= 4 is 11.9 Å². The third-order valence-electron chi connectivity index (χ3n) is 2.96. The van der Waals surface area contributed by atoms with Crippen molar-refractivity contribution in [3.05, 3.63) is 6.33 Å². The molecular formula is C10H17N5O2. The Kier molecular flexibility index (Phi) is 3.58. The monoisotopic (exact) mass is 239 g/mol. The average molecular weight is 239 g/mol. The van der Waals surface area contributed by atoms with Crippen LogP contribution in [0, 0.1) is 5.92 Å². The highest BCUT2D eigenvalue weighted by molar-refractivity contribution is 5.75. The van der Waals surface area contributed by atoms with Crippen molar-refractivity contribution < 1.29 is 9.90 Å². The highest BCUT2D eigenvalue weighted by Crippen LogP contribution is 2.24. The first-order chi connectivity index (χ1) is 8.13. The Bertz CT molecular complexity index is 392. The lowest BCUT2D eigenvalue weighted by Gasteiger charge is -2.10. The van der Waals surface area contributed by atoms with Crippen molar-refractivity contribution in [3.8, 4) is 0 Å². The van der Waals surface area contributed by atoms with E-state index in [0.29, 0.717) is 12.5 Å². The smallest absolute Gasteiger partial charge is 0.241 e. The molecule has 1 amide bonds. The number of aliphatic hydroxyl groups is 1. The number of hydrogen-bond donors (Lipinski definition) is 3. The van der Waals surface area contributed by atoms with Crippen LogP contribution in [0.15, 0.2) is 6.33 Å². The van der Waals surface area contributed by atoms with Crippen molar-refractivity contribution in [3.63, 3.8) is 0 Å². The zero-order valence-electron chi connectivity index (χ0n) is 9.54. The number of nitrogens with two attached hydrogens (primary N) is 1. The Morgan fingerprint density at radius 2 is 2.47 bits per heavy atom. The summed E-state index contributed by atoms with van der Waals surface area (Å²) in [5, 5.41) is 16.0. The van der Waals surface area contributed by atoms with Crippen LogP contribution < -0.4 is 11.1 Å². The first-order valence-corrected chi connectivity index (χ1v) is 5.73. The average Bonchev–Trinajstić information content (AvgIpc) is 2.85. The van der Waals surface area contributed by atoms with Crippen molar-refractivity contribution in [1.29, 1.82) is 0 Å². The van der Waals surface area contributed by atoms with Crippen LogP contribution in [0.1, 0.15) is 19.3 Å². The number of nitrogens with one attached hydrogen (secondary N) is 1. The summed E-state index contributed by atoms with van der Waals surface area (Å²) in [4.78, 5) is 15.3. The van der Waals surface area contributed by atoms with Gasteiger partial charge in [0.15, 0.2) is 0 Å². The molecule has 0 spiro atoms. The molecule has 0 aromatic carbocycles. The number of nitrogens with zero attached hydrogens (tertiary/aromatic N) is 3. The van der Waals surface area contributed by atoms with Crippen LogP contribution >= 0.6 is 0 Å². The molecule has 2 rings (SSSR count). The van der Waals surface area contributed by atoms with Gasteiger partial charge >= 0.3 is 0 Å². The standard InChI is InChI=1S/C10H17N5O2/c11-10-13-6-15(14-10)5-9(17)12-4-7-1-2-8(16)3-7/h6-8,16H,1-5H2,(H2,11,14)(H,12,17). The van der Waals surface area contributed by atoms with Crippen molar-refractivity contribution in [2.75, 3.05) is 12.3 Å². The van der Waals surface area contributed by atoms with E-state index in [9.17, 15) is 9.90 Å². The van der Waals surface area contributed by atoms with Crippen LogP contribution in [0.2, 0.25) is 0 Å². The van der Waals surface area contributed by atoms with E-state index < -0.39 is 0 Å². The Labute approximate surface area is 99.0 Å². The number of nitrogen functional groups attached to an aromatic ring is 1. The van der Waals surface area contributed by atoms with E-state index in [-0.39, 0.29) is 24.5 Å². The molecule has 1 aliphatic rings. The predicted molar refractivity (Wildman–Crippen MR) is 60.8 cm³/mol. The van der Waals surface area contributed by atoms with E-state index in [2.05, 4.69) is 15.4 Å². The molecule has 7 heteroatoms. The topological polar surface area (TPSA) is 106 Å². The van der Waals surface area contributed by atoms with E-state index in [1.54, 1.807) is 0 Å². The maximum atomic E-state index is 11.6. The molecule has 7 nitrogen and oxygen atoms in total. The summed E-state index contributed by atoms with van der Waals surface area (Å²) in [5.41, 5.74) is 5.34. The molecular weight excluding hydrogens is 222 g/mol. The molecule has 4 N–H and O–H groups in total. The zero-order chi connectivity index (χ0) is 12.3. The molecule has 0 radical (unpaired) electrons. The molecule has 2 unspecified atom stereocenters. The fourth-order valence-corrected chi connectivity index (χ4v) is 2.08. The van der Waals surface area contributed by atoms with Crippen molar-refractivity contribution in [1.82, 2.24) is 20.1 Å². The molecule has 1 aromatic rings. The van der Waals surface area contributed by atoms with E-state index in [1.165, 1.54) is 11.0 Å². The van der Waals surface area contributed by atoms with Gasteiger partial charge in [-0.2, -0.15) is 0 Å². The normalized spacial score (nSPS) is 23.8. The highest BCUT2D eigenvalue weighted by atomic mass is 16.3. The Hall–Kier alpha value is -1.63. The van der Waals surface area contributed by atoms with Gasteiger partial charge in [-0.15, -0.1) is 5.10 Å². The minimum Gasteiger partial charge on any atom is -0.393 e. The van der Waals surface area contributed by atoms with Gasteiger partial charge in [0.1, 0.15) is 12.9 Å². The second-order valence-electron chi connectivity index (χ2n) is 4.44. The summed E-state index contributed by atoms with van der Waals surface area (Å²) in [7, 11) is 0. The van der Waals surface area contributed by atoms with Gasteiger partial charge in [0, 0.05) is 6.54 Å². The summed E-state index contributed by atoms with van der Waals surface area (Å²) >= 11 is 0. The maximum Gasteiger partial charge on any atom is 0.241 e. The van der Waals surface area contributed by atoms with Gasteiger partial charge in [0.25, 0.3) is 0 Å². The quantitative estimate of drug-likeness (QED) is 0.633. The number of carbonyl (C=O) groups is 1. The number of aromatic nitrogens is 3. The van der Waals surface area contributed by atoms with Gasteiger partial charge in [-0.3, -0.25) is 4.79 Å². The predicted octanol–water partition coefficient (Wildman–Crippen LogP) is -0.862. The van der Waals surface area contributed by atoms with Gasteiger partial charge in [0.2, 0.25) is 11.9 Å². The van der Waals surface area contributed by atoms with E-state index in [4.69, 9.17) is 5.73 Å². The van der Waals surface area contributed by atoms with Crippen LogP contribution in [0.5, 0.6) is 0 Å². The molecule has 1 saturated carbocycles. The van der Waals surface area contributed by atoms with Crippen LogP contribution in [0.3, 0.4) is 0 Å². The summed E-state index contributed by atoms with van der Waals surface area (Å²) < 4.78 is 1.40. The SMILES string of the molecule is Nc1ncn(CC(=O)NCC2CCC(O)C2)n1. The summed E-state index contributed by atoms with van der Waals surface area (Å²) in [5.74, 6) is 0.433. The lowest BCUT2D eigenvalue weighted by Crippen LogP contribution is -2.31. The number of rotatable bonds is 4. The Morgan fingerprint density at radius 1 is 1.65 bits per heavy atom. The number of carbonyl (C=O) groups excluding carboxylic acids is 1. The minimum absolute atomic E-state index is 0.115. The van der Waals surface area contributed by atoms with Crippen LogP contribution in [0.25, 0.3) is 0 Å². The van der Waals surface area contributed by atoms with Gasteiger partial charge in [-0.25, -0.2) is 9.67 Å². The van der Waals surface area contributed by atoms with Gasteiger partial charge in [-0.05, 0) is 25.2 Å². The van der Waals surface area contributed by atoms with Gasteiger partial charge in [-0.1, -0.05) is 0 Å². The highest BCUT2D eigenvalue weighted by Gasteiger charge is 2.22. The molecule has 94 valence electrons. The fourth-order valence-electron chi connectivity index (χ4n) is 2.08. The zero-order valence-corrected chi connectivity index (χ0v) is 9.54. The molecule has 0 bridgehead atoms. The molecule has 1 fully saturated rings. The number of amides is 1. The lowest BCUT2D eigenvalue weighted by atomic mass is 10.1. The molecule has 17 heavy (non-hydrogen) atoms. The van der Waals surface area contributed by atoms with E-state index in [0.717, 1.165) is 19.3 Å². The Balaban J connectivity index is 1.71. The summed E-state index contributed by atoms with van der Waals surface area (Å²) in [6, 6.07) is 0. The summed E-state index contributed by atoms with van der Waals surface area (Å²) in [6.45, 7) is 0.736. The second kappa shape index (κ2) is 5.13. The fraction of sp³-hybridized carbons (Fsp3) is 0.700.